The van der Waals surface area contributed by atoms with E-state index in [1.807, 2.05) is 41.4 Å². The summed E-state index contributed by atoms with van der Waals surface area (Å²) in [4.78, 5) is 35.7. The molecule has 3 aliphatic heterocycles. The van der Waals surface area contributed by atoms with E-state index in [1.54, 1.807) is 18.2 Å². The van der Waals surface area contributed by atoms with Crippen molar-refractivity contribution in [2.24, 2.45) is 5.10 Å². The van der Waals surface area contributed by atoms with Crippen LogP contribution in [0, 0.1) is 0 Å². The van der Waals surface area contributed by atoms with Gasteiger partial charge in [0.1, 0.15) is 11.0 Å². The summed E-state index contributed by atoms with van der Waals surface area (Å²) in [5.41, 5.74) is 3.89. The summed E-state index contributed by atoms with van der Waals surface area (Å²) < 4.78 is 17.4. The number of benzene rings is 3. The summed E-state index contributed by atoms with van der Waals surface area (Å²) in [5, 5.41) is 7.82. The van der Waals surface area contributed by atoms with E-state index in [1.165, 1.54) is 7.11 Å². The van der Waals surface area contributed by atoms with Crippen molar-refractivity contribution >= 4 is 34.6 Å². The molecular weight excluding hydrogens is 506 g/mol. The largest absolute Gasteiger partial charge is 0.493 e. The van der Waals surface area contributed by atoms with E-state index in [4.69, 9.17) is 19.3 Å². The molecule has 1 N–H and O–H groups in total. The van der Waals surface area contributed by atoms with Gasteiger partial charge in [0.05, 0.1) is 25.3 Å². The maximum atomic E-state index is 12.5. The molecule has 0 bridgehead atoms. The van der Waals surface area contributed by atoms with Gasteiger partial charge in [0.25, 0.3) is 5.24 Å². The number of fused-ring (bicyclic) bond motifs is 3. The number of thioether (sulfide) groups is 1. The second-order valence-electron chi connectivity index (χ2n) is 8.99. The van der Waals surface area contributed by atoms with Gasteiger partial charge in [-0.3, -0.25) is 19.7 Å². The highest BCUT2D eigenvalue weighted by molar-refractivity contribution is 8.15. The molecule has 3 aliphatic rings. The highest BCUT2D eigenvalue weighted by Gasteiger charge is 2.41. The van der Waals surface area contributed by atoms with E-state index < -0.39 is 28.6 Å². The Hall–Kier alpha value is -4.31. The van der Waals surface area contributed by atoms with Crippen LogP contribution in [0.3, 0.4) is 0 Å². The van der Waals surface area contributed by atoms with Crippen LogP contribution in [-0.2, 0) is 9.59 Å². The highest BCUT2D eigenvalue weighted by atomic mass is 32.2. The molecular formula is C28H23N3O6S. The minimum Gasteiger partial charge on any atom is -0.493 e. The van der Waals surface area contributed by atoms with E-state index in [-0.39, 0.29) is 18.2 Å². The van der Waals surface area contributed by atoms with Crippen LogP contribution in [0.2, 0.25) is 0 Å². The third kappa shape index (κ3) is 4.47. The van der Waals surface area contributed by atoms with Crippen molar-refractivity contribution in [3.8, 4) is 17.2 Å². The molecule has 3 aromatic carbocycles. The predicted octanol–water partition coefficient (Wildman–Crippen LogP) is 4.58. The second-order valence-corrected chi connectivity index (χ2v) is 10.2. The number of imide groups is 1. The Morgan fingerprint density at radius 1 is 1.08 bits per heavy atom. The van der Waals surface area contributed by atoms with E-state index >= 15 is 0 Å². The van der Waals surface area contributed by atoms with Crippen LogP contribution in [0.5, 0.6) is 17.2 Å². The van der Waals surface area contributed by atoms with Crippen LogP contribution in [0.1, 0.15) is 41.8 Å². The number of carbonyl (C=O) groups is 3. The number of carbonyl (C=O) groups excluding carboxylic acids is 3. The molecule has 9 nitrogen and oxygen atoms in total. The van der Waals surface area contributed by atoms with Crippen LogP contribution in [0.25, 0.3) is 0 Å². The fourth-order valence-electron chi connectivity index (χ4n) is 4.82. The first-order valence-corrected chi connectivity index (χ1v) is 12.9. The third-order valence-electron chi connectivity index (χ3n) is 6.62. The Kier molecular flexibility index (Phi) is 6.24. The standard InChI is InChI=1S/C28H23N3O6S/c1-35-23-13-17(11-12-22(23)36-25(32)15-24-26(33)29-28(34)38-24)27-31-20(18-9-5-6-10-21(18)37-27)14-19(30-31)16-7-3-2-4-8-16/h2-13,20,24,27H,14-15H2,1H3,(H,29,33,34)/t20-,24+,27-/m0/s1. The van der Waals surface area contributed by atoms with E-state index in [0.29, 0.717) is 5.75 Å². The van der Waals surface area contributed by atoms with Crippen LogP contribution in [0.4, 0.5) is 4.79 Å². The lowest BCUT2D eigenvalue weighted by atomic mass is 9.96. The quantitative estimate of drug-likeness (QED) is 0.365. The lowest BCUT2D eigenvalue weighted by Gasteiger charge is -2.38. The SMILES string of the molecule is COc1cc([C@@H]2Oc3ccccc3[C@@H]3CC(c4ccccc4)=NN32)ccc1OC(=O)C[C@H]1SC(=O)NC1=O. The molecule has 0 saturated carbocycles. The predicted molar refractivity (Wildman–Crippen MR) is 140 cm³/mol. The van der Waals surface area contributed by atoms with Crippen molar-refractivity contribution in [3.05, 3.63) is 89.5 Å². The Morgan fingerprint density at radius 2 is 1.87 bits per heavy atom. The number of methoxy groups -OCH3 is 1. The Balaban J connectivity index is 1.28. The second kappa shape index (κ2) is 9.86. The van der Waals surface area contributed by atoms with Crippen LogP contribution in [0.15, 0.2) is 77.9 Å². The van der Waals surface area contributed by atoms with E-state index in [9.17, 15) is 14.4 Å². The Morgan fingerprint density at radius 3 is 2.63 bits per heavy atom. The van der Waals surface area contributed by atoms with Gasteiger partial charge in [0.15, 0.2) is 11.5 Å². The van der Waals surface area contributed by atoms with Crippen molar-refractivity contribution in [1.29, 1.82) is 0 Å². The van der Waals surface area contributed by atoms with Crippen molar-refractivity contribution in [2.45, 2.75) is 30.4 Å². The number of esters is 1. The average molecular weight is 530 g/mol. The Labute approximate surface area is 222 Å². The molecule has 10 heteroatoms. The first kappa shape index (κ1) is 24.1. The van der Waals surface area contributed by atoms with Crippen LogP contribution >= 0.6 is 11.8 Å². The monoisotopic (exact) mass is 529 g/mol. The Bertz CT molecular complexity index is 1460. The first-order chi connectivity index (χ1) is 18.5. The van der Waals surface area contributed by atoms with Crippen molar-refractivity contribution in [3.63, 3.8) is 0 Å². The maximum absolute atomic E-state index is 12.5. The van der Waals surface area contributed by atoms with Gasteiger partial charge in [0, 0.05) is 17.5 Å². The summed E-state index contributed by atoms with van der Waals surface area (Å²) in [7, 11) is 1.48. The normalized spacial score (nSPS) is 21.7. The average Bonchev–Trinajstić information content (AvgIpc) is 3.52. The summed E-state index contributed by atoms with van der Waals surface area (Å²) in [5.74, 6) is 0.196. The van der Waals surface area contributed by atoms with Gasteiger partial charge in [-0.1, -0.05) is 60.3 Å². The number of amides is 2. The van der Waals surface area contributed by atoms with Crippen LogP contribution < -0.4 is 19.5 Å². The number of hydrogen-bond acceptors (Lipinski definition) is 9. The minimum absolute atomic E-state index is 0.00132. The molecule has 0 aromatic heterocycles. The zero-order valence-corrected chi connectivity index (χ0v) is 21.1. The fraction of sp³-hybridized carbons (Fsp3) is 0.214. The molecule has 192 valence electrons. The zero-order valence-electron chi connectivity index (χ0n) is 20.3. The molecule has 3 atom stereocenters. The summed E-state index contributed by atoms with van der Waals surface area (Å²) in [6.45, 7) is 0. The lowest BCUT2D eigenvalue weighted by Crippen LogP contribution is -2.33. The topological polar surface area (TPSA) is 107 Å². The van der Waals surface area contributed by atoms with Gasteiger partial charge in [-0.25, -0.2) is 5.01 Å². The molecule has 6 rings (SSSR count). The smallest absolute Gasteiger partial charge is 0.312 e. The minimum atomic E-state index is -0.806. The molecule has 0 radical (unpaired) electrons. The summed E-state index contributed by atoms with van der Waals surface area (Å²) in [6.07, 6.45) is -0.0233. The number of nitrogens with zero attached hydrogens (tertiary/aromatic N) is 2. The third-order valence-corrected chi connectivity index (χ3v) is 7.60. The number of hydrogen-bond donors (Lipinski definition) is 1. The summed E-state index contributed by atoms with van der Waals surface area (Å²) in [6, 6.07) is 23.2. The van der Waals surface area contributed by atoms with Gasteiger partial charge >= 0.3 is 5.97 Å². The molecule has 1 fully saturated rings. The molecule has 38 heavy (non-hydrogen) atoms. The van der Waals surface area contributed by atoms with Crippen LogP contribution in [-0.4, -0.2) is 40.2 Å². The van der Waals surface area contributed by atoms with Crippen molar-refractivity contribution in [2.75, 3.05) is 7.11 Å². The van der Waals surface area contributed by atoms with Gasteiger partial charge in [0.2, 0.25) is 12.1 Å². The molecule has 0 unspecified atom stereocenters. The first-order valence-electron chi connectivity index (χ1n) is 12.1. The zero-order chi connectivity index (χ0) is 26.2. The lowest BCUT2D eigenvalue weighted by molar-refractivity contribution is -0.136. The molecule has 0 spiro atoms. The van der Waals surface area contributed by atoms with Gasteiger partial charge in [-0.15, -0.1) is 0 Å². The number of rotatable bonds is 6. The number of para-hydroxylation sites is 1. The van der Waals surface area contributed by atoms with Gasteiger partial charge in [-0.2, -0.15) is 5.10 Å². The summed E-state index contributed by atoms with van der Waals surface area (Å²) >= 11 is 0.779. The molecule has 3 aromatic rings. The molecule has 3 heterocycles. The van der Waals surface area contributed by atoms with Gasteiger partial charge < -0.3 is 14.2 Å². The van der Waals surface area contributed by atoms with E-state index in [2.05, 4.69) is 23.5 Å². The highest BCUT2D eigenvalue weighted by Crippen LogP contribution is 2.48. The van der Waals surface area contributed by atoms with E-state index in [0.717, 1.165) is 46.3 Å². The number of nitrogens with one attached hydrogen (secondary N) is 1. The number of ether oxygens (including phenoxy) is 3. The molecule has 0 aliphatic carbocycles. The maximum Gasteiger partial charge on any atom is 0.312 e. The van der Waals surface area contributed by atoms with Crippen molar-refractivity contribution < 1.29 is 28.6 Å². The number of hydrazone groups is 1. The molecule has 1 saturated heterocycles. The van der Waals surface area contributed by atoms with Crippen molar-refractivity contribution in [1.82, 2.24) is 10.3 Å². The molecule has 2 amide bonds. The van der Waals surface area contributed by atoms with Gasteiger partial charge in [-0.05, 0) is 29.8 Å². The fourth-order valence-corrected chi connectivity index (χ4v) is 5.63.